The first-order valence-corrected chi connectivity index (χ1v) is 7.51. The van der Waals surface area contributed by atoms with E-state index in [-0.39, 0.29) is 30.2 Å². The molecule has 0 saturated carbocycles. The molecule has 1 saturated heterocycles. The third-order valence-corrected chi connectivity index (χ3v) is 4.04. The van der Waals surface area contributed by atoms with Gasteiger partial charge in [-0.25, -0.2) is 4.79 Å². The Bertz CT molecular complexity index is 596. The van der Waals surface area contributed by atoms with Crippen molar-refractivity contribution in [2.24, 2.45) is 0 Å². The van der Waals surface area contributed by atoms with E-state index in [1.54, 1.807) is 18.2 Å². The van der Waals surface area contributed by atoms with Gasteiger partial charge in [-0.1, -0.05) is 6.07 Å². The average molecular weight is 300 g/mol. The number of rotatable bonds is 3. The monoisotopic (exact) mass is 300 g/mol. The van der Waals surface area contributed by atoms with E-state index in [1.165, 1.54) is 6.07 Å². The molecule has 2 rings (SSSR count). The molecule has 0 aromatic heterocycles. The second-order valence-corrected chi connectivity index (χ2v) is 5.70. The summed E-state index contributed by atoms with van der Waals surface area (Å²) in [5.74, 6) is -0.743. The van der Waals surface area contributed by atoms with Crippen molar-refractivity contribution in [3.63, 3.8) is 0 Å². The van der Waals surface area contributed by atoms with Crippen molar-refractivity contribution in [2.75, 3.05) is 6.61 Å². The van der Waals surface area contributed by atoms with E-state index >= 15 is 0 Å². The van der Waals surface area contributed by atoms with Gasteiger partial charge < -0.3 is 9.64 Å². The number of nitrogens with zero attached hydrogens (tertiary/aromatic N) is 2. The van der Waals surface area contributed by atoms with Gasteiger partial charge in [-0.3, -0.25) is 4.79 Å². The Balaban J connectivity index is 1.95. The average Bonchev–Trinajstić information content (AvgIpc) is 2.52. The number of hydrogen-bond donors (Lipinski definition) is 0. The fourth-order valence-corrected chi connectivity index (χ4v) is 2.91. The van der Waals surface area contributed by atoms with Gasteiger partial charge in [-0.2, -0.15) is 5.26 Å². The van der Waals surface area contributed by atoms with Crippen LogP contribution in [0.2, 0.25) is 0 Å². The van der Waals surface area contributed by atoms with Gasteiger partial charge in [0.05, 0.1) is 17.2 Å². The van der Waals surface area contributed by atoms with Gasteiger partial charge in [0.2, 0.25) is 0 Å². The van der Waals surface area contributed by atoms with Crippen molar-refractivity contribution < 1.29 is 14.3 Å². The second-order valence-electron chi connectivity index (χ2n) is 5.70. The molecule has 0 N–H and O–H groups in total. The van der Waals surface area contributed by atoms with Gasteiger partial charge in [-0.15, -0.1) is 0 Å². The number of carbonyl (C=O) groups excluding carboxylic acids is 2. The second kappa shape index (κ2) is 7.08. The molecule has 1 aliphatic heterocycles. The number of likely N-dealkylation sites (tertiary alicyclic amines) is 1. The van der Waals surface area contributed by atoms with E-state index in [0.717, 1.165) is 19.3 Å². The molecular formula is C17H20N2O3. The Labute approximate surface area is 130 Å². The molecule has 1 heterocycles. The zero-order chi connectivity index (χ0) is 16.1. The van der Waals surface area contributed by atoms with Crippen LogP contribution in [-0.4, -0.2) is 35.5 Å². The van der Waals surface area contributed by atoms with Crippen molar-refractivity contribution in [3.05, 3.63) is 35.4 Å². The number of ether oxygens (including phenoxy) is 1. The third-order valence-electron chi connectivity index (χ3n) is 4.04. The Kier molecular flexibility index (Phi) is 5.16. The molecule has 0 radical (unpaired) electrons. The first kappa shape index (κ1) is 16.0. The number of nitriles is 1. The standard InChI is InChI=1S/C17H20N2O3/c1-12-5-3-6-13(2)19(12)16(20)11-22-17(21)15-8-4-7-14(9-15)10-18/h4,7-9,12-13H,3,5-6,11H2,1-2H3/t12-,13-/m0/s1. The maximum Gasteiger partial charge on any atom is 0.338 e. The molecule has 5 nitrogen and oxygen atoms in total. The highest BCUT2D eigenvalue weighted by Gasteiger charge is 2.29. The lowest BCUT2D eigenvalue weighted by Crippen LogP contribution is -2.49. The highest BCUT2D eigenvalue weighted by Crippen LogP contribution is 2.22. The number of benzene rings is 1. The molecular weight excluding hydrogens is 280 g/mol. The van der Waals surface area contributed by atoms with Crippen LogP contribution in [-0.2, 0) is 9.53 Å². The zero-order valence-electron chi connectivity index (χ0n) is 12.9. The zero-order valence-corrected chi connectivity index (χ0v) is 12.9. The molecule has 1 aliphatic rings. The highest BCUT2D eigenvalue weighted by atomic mass is 16.5. The minimum atomic E-state index is -0.581. The maximum absolute atomic E-state index is 12.3. The van der Waals surface area contributed by atoms with Gasteiger partial charge in [-0.05, 0) is 51.3 Å². The van der Waals surface area contributed by atoms with Crippen molar-refractivity contribution in [1.29, 1.82) is 5.26 Å². The lowest BCUT2D eigenvalue weighted by molar-refractivity contribution is -0.140. The van der Waals surface area contributed by atoms with Crippen LogP contribution in [0.3, 0.4) is 0 Å². The fraction of sp³-hybridized carbons (Fsp3) is 0.471. The van der Waals surface area contributed by atoms with Crippen LogP contribution in [0.5, 0.6) is 0 Å². The Morgan fingerprint density at radius 2 is 2.00 bits per heavy atom. The van der Waals surface area contributed by atoms with E-state index in [9.17, 15) is 9.59 Å². The van der Waals surface area contributed by atoms with Crippen LogP contribution >= 0.6 is 0 Å². The summed E-state index contributed by atoms with van der Waals surface area (Å²) < 4.78 is 5.10. The summed E-state index contributed by atoms with van der Waals surface area (Å²) in [6, 6.07) is 8.58. The predicted molar refractivity (Wildman–Crippen MR) is 81.1 cm³/mol. The molecule has 0 bridgehead atoms. The summed E-state index contributed by atoms with van der Waals surface area (Å²) >= 11 is 0. The van der Waals surface area contributed by atoms with Crippen LogP contribution in [0.25, 0.3) is 0 Å². The number of esters is 1. The smallest absolute Gasteiger partial charge is 0.338 e. The lowest BCUT2D eigenvalue weighted by atomic mass is 9.97. The number of carbonyl (C=O) groups is 2. The molecule has 0 unspecified atom stereocenters. The van der Waals surface area contributed by atoms with Crippen LogP contribution in [0.15, 0.2) is 24.3 Å². The van der Waals surface area contributed by atoms with E-state index in [0.29, 0.717) is 5.56 Å². The van der Waals surface area contributed by atoms with E-state index in [2.05, 4.69) is 0 Å². The summed E-state index contributed by atoms with van der Waals surface area (Å²) in [5.41, 5.74) is 0.672. The summed E-state index contributed by atoms with van der Waals surface area (Å²) in [6.07, 6.45) is 3.08. The molecule has 2 atom stereocenters. The molecule has 1 amide bonds. The van der Waals surface area contributed by atoms with Gasteiger partial charge in [0, 0.05) is 12.1 Å². The van der Waals surface area contributed by atoms with Gasteiger partial charge in [0.1, 0.15) is 0 Å². The molecule has 22 heavy (non-hydrogen) atoms. The van der Waals surface area contributed by atoms with E-state index < -0.39 is 5.97 Å². The highest BCUT2D eigenvalue weighted by molar-refractivity contribution is 5.91. The number of amides is 1. The predicted octanol–water partition coefficient (Wildman–Crippen LogP) is 2.50. The molecule has 116 valence electrons. The third kappa shape index (κ3) is 3.64. The van der Waals surface area contributed by atoms with Crippen LogP contribution in [0.4, 0.5) is 0 Å². The molecule has 1 fully saturated rings. The quantitative estimate of drug-likeness (QED) is 0.804. The number of hydrogen-bond acceptors (Lipinski definition) is 4. The Morgan fingerprint density at radius 1 is 1.32 bits per heavy atom. The van der Waals surface area contributed by atoms with Crippen LogP contribution in [0, 0.1) is 11.3 Å². The van der Waals surface area contributed by atoms with Crippen LogP contribution in [0.1, 0.15) is 49.0 Å². The minimum Gasteiger partial charge on any atom is -0.452 e. The minimum absolute atomic E-state index is 0.163. The van der Waals surface area contributed by atoms with Crippen LogP contribution < -0.4 is 0 Å². The number of piperidine rings is 1. The molecule has 1 aromatic rings. The van der Waals surface area contributed by atoms with Crippen molar-refractivity contribution in [2.45, 2.75) is 45.2 Å². The van der Waals surface area contributed by atoms with E-state index in [4.69, 9.17) is 10.00 Å². The molecule has 0 spiro atoms. The van der Waals surface area contributed by atoms with Gasteiger partial charge >= 0.3 is 5.97 Å². The van der Waals surface area contributed by atoms with Crippen molar-refractivity contribution in [3.8, 4) is 6.07 Å². The first-order chi connectivity index (χ1) is 10.5. The molecule has 1 aromatic carbocycles. The lowest BCUT2D eigenvalue weighted by Gasteiger charge is -2.38. The normalized spacial score (nSPS) is 21.0. The SMILES string of the molecule is C[C@H]1CCC[C@H](C)N1C(=O)COC(=O)c1cccc(C#N)c1. The maximum atomic E-state index is 12.3. The summed E-state index contributed by atoms with van der Waals surface area (Å²) in [4.78, 5) is 26.0. The van der Waals surface area contributed by atoms with Crippen molar-refractivity contribution in [1.82, 2.24) is 4.90 Å². The summed E-state index contributed by atoms with van der Waals surface area (Å²) in [7, 11) is 0. The topological polar surface area (TPSA) is 70.4 Å². The van der Waals surface area contributed by atoms with Crippen molar-refractivity contribution >= 4 is 11.9 Å². The van der Waals surface area contributed by atoms with E-state index in [1.807, 2.05) is 24.8 Å². The van der Waals surface area contributed by atoms with Gasteiger partial charge in [0.25, 0.3) is 5.91 Å². The summed E-state index contributed by atoms with van der Waals surface area (Å²) in [5, 5.41) is 8.83. The Hall–Kier alpha value is -2.35. The molecule has 0 aliphatic carbocycles. The largest absolute Gasteiger partial charge is 0.452 e. The summed E-state index contributed by atoms with van der Waals surface area (Å²) in [6.45, 7) is 3.78. The van der Waals surface area contributed by atoms with Gasteiger partial charge in [0.15, 0.2) is 6.61 Å². The fourth-order valence-electron chi connectivity index (χ4n) is 2.91. The molecule has 5 heteroatoms. The first-order valence-electron chi connectivity index (χ1n) is 7.51. The Morgan fingerprint density at radius 3 is 2.64 bits per heavy atom.